The van der Waals surface area contributed by atoms with Crippen LogP contribution < -0.4 is 10.1 Å². The topological polar surface area (TPSA) is 98.1 Å². The molecular weight excluding hydrogens is 420 g/mol. The van der Waals surface area contributed by atoms with Crippen LogP contribution in [0, 0.1) is 0 Å². The van der Waals surface area contributed by atoms with Gasteiger partial charge in [0.1, 0.15) is 17.9 Å². The number of hydrogen-bond acceptors (Lipinski definition) is 6. The van der Waals surface area contributed by atoms with Gasteiger partial charge in [0.15, 0.2) is 5.76 Å². The van der Waals surface area contributed by atoms with E-state index in [4.69, 9.17) is 13.9 Å². The number of furan rings is 1. The molecule has 2 heterocycles. The van der Waals surface area contributed by atoms with Crippen molar-refractivity contribution in [1.29, 1.82) is 0 Å². The SMILES string of the molecule is O=C(NCCS(=O)(=O)N1CCOCC1)c1oc2ccccc2c1COc1ccccc1. The first-order valence-corrected chi connectivity index (χ1v) is 11.7. The molecule has 0 unspecified atom stereocenters. The number of para-hydroxylation sites is 2. The monoisotopic (exact) mass is 444 g/mol. The fraction of sp³-hybridized carbons (Fsp3) is 0.318. The average Bonchev–Trinajstić information content (AvgIpc) is 3.17. The van der Waals surface area contributed by atoms with Gasteiger partial charge in [0.25, 0.3) is 5.91 Å². The van der Waals surface area contributed by atoms with Crippen LogP contribution >= 0.6 is 0 Å². The Bertz CT molecular complexity index is 1140. The van der Waals surface area contributed by atoms with Crippen molar-refractivity contribution < 1.29 is 27.1 Å². The lowest BCUT2D eigenvalue weighted by Crippen LogP contribution is -2.43. The Balaban J connectivity index is 1.45. The van der Waals surface area contributed by atoms with Gasteiger partial charge >= 0.3 is 0 Å². The summed E-state index contributed by atoms with van der Waals surface area (Å²) < 4.78 is 43.1. The molecule has 0 saturated carbocycles. The van der Waals surface area contributed by atoms with E-state index in [1.165, 1.54) is 4.31 Å². The molecule has 1 N–H and O–H groups in total. The van der Waals surface area contributed by atoms with Gasteiger partial charge in [-0.3, -0.25) is 4.79 Å². The highest BCUT2D eigenvalue weighted by Crippen LogP contribution is 2.27. The molecule has 1 aliphatic rings. The summed E-state index contributed by atoms with van der Waals surface area (Å²) in [6.45, 7) is 1.57. The standard InChI is InChI=1S/C22H24N2O6S/c25-22(23-10-15-31(26,27)24-11-13-28-14-12-24)21-19(16-29-17-6-2-1-3-7-17)18-8-4-5-9-20(18)30-21/h1-9H,10-16H2,(H,23,25). The van der Waals surface area contributed by atoms with Crippen molar-refractivity contribution in [2.24, 2.45) is 0 Å². The predicted molar refractivity (Wildman–Crippen MR) is 116 cm³/mol. The first-order chi connectivity index (χ1) is 15.0. The summed E-state index contributed by atoms with van der Waals surface area (Å²) in [5.41, 5.74) is 1.19. The number of rotatable bonds is 8. The minimum absolute atomic E-state index is 0.0193. The molecule has 1 aliphatic heterocycles. The molecule has 0 spiro atoms. The maximum atomic E-state index is 12.8. The first kappa shape index (κ1) is 21.4. The minimum atomic E-state index is -3.46. The second-order valence-corrected chi connectivity index (χ2v) is 9.18. The van der Waals surface area contributed by atoms with E-state index in [1.807, 2.05) is 48.5 Å². The van der Waals surface area contributed by atoms with Gasteiger partial charge in [-0.2, -0.15) is 4.31 Å². The Labute approximate surface area is 180 Å². The molecule has 1 amide bonds. The fourth-order valence-electron chi connectivity index (χ4n) is 3.43. The third-order valence-corrected chi connectivity index (χ3v) is 6.91. The number of carbonyl (C=O) groups is 1. The van der Waals surface area contributed by atoms with E-state index >= 15 is 0 Å². The largest absolute Gasteiger partial charge is 0.489 e. The van der Waals surface area contributed by atoms with E-state index in [2.05, 4.69) is 5.32 Å². The fourth-order valence-corrected chi connectivity index (χ4v) is 4.75. The van der Waals surface area contributed by atoms with Gasteiger partial charge in [-0.25, -0.2) is 8.42 Å². The molecule has 1 aromatic heterocycles. The van der Waals surface area contributed by atoms with Gasteiger partial charge in [0, 0.05) is 30.6 Å². The summed E-state index contributed by atoms with van der Waals surface area (Å²) in [7, 11) is -3.46. The van der Waals surface area contributed by atoms with Crippen LogP contribution in [0.25, 0.3) is 11.0 Å². The van der Waals surface area contributed by atoms with E-state index in [0.717, 1.165) is 5.39 Å². The van der Waals surface area contributed by atoms with Crippen LogP contribution in [0.1, 0.15) is 16.1 Å². The molecule has 0 aliphatic carbocycles. The van der Waals surface area contributed by atoms with E-state index < -0.39 is 15.9 Å². The third kappa shape index (κ3) is 5.07. The van der Waals surface area contributed by atoms with Gasteiger partial charge in [0.05, 0.1) is 19.0 Å². The van der Waals surface area contributed by atoms with Crippen LogP contribution in [-0.2, 0) is 21.4 Å². The quantitative estimate of drug-likeness (QED) is 0.573. The molecule has 31 heavy (non-hydrogen) atoms. The molecule has 2 aromatic carbocycles. The second-order valence-electron chi connectivity index (χ2n) is 7.09. The lowest BCUT2D eigenvalue weighted by molar-refractivity contribution is 0.0730. The summed E-state index contributed by atoms with van der Waals surface area (Å²) in [5, 5.41) is 3.45. The summed E-state index contributed by atoms with van der Waals surface area (Å²) in [5.74, 6) is 0.145. The Morgan fingerprint density at radius 2 is 1.74 bits per heavy atom. The molecule has 0 radical (unpaired) electrons. The van der Waals surface area contributed by atoms with Crippen LogP contribution in [0.3, 0.4) is 0 Å². The molecule has 9 heteroatoms. The molecule has 1 fully saturated rings. The Morgan fingerprint density at radius 3 is 2.52 bits per heavy atom. The summed E-state index contributed by atoms with van der Waals surface area (Å²) in [6.07, 6.45) is 0. The molecule has 3 aromatic rings. The zero-order valence-corrected chi connectivity index (χ0v) is 17.8. The number of sulfonamides is 1. The smallest absolute Gasteiger partial charge is 0.287 e. The summed E-state index contributed by atoms with van der Waals surface area (Å²) in [4.78, 5) is 12.8. The molecule has 4 rings (SSSR count). The average molecular weight is 445 g/mol. The van der Waals surface area contributed by atoms with Crippen molar-refractivity contribution >= 4 is 26.9 Å². The van der Waals surface area contributed by atoms with E-state index in [1.54, 1.807) is 6.07 Å². The van der Waals surface area contributed by atoms with E-state index in [9.17, 15) is 13.2 Å². The van der Waals surface area contributed by atoms with Crippen LogP contribution in [0.4, 0.5) is 0 Å². The lowest BCUT2D eigenvalue weighted by Gasteiger charge is -2.25. The number of hydrogen-bond donors (Lipinski definition) is 1. The highest BCUT2D eigenvalue weighted by Gasteiger charge is 2.25. The number of benzene rings is 2. The Hall–Kier alpha value is -2.88. The lowest BCUT2D eigenvalue weighted by atomic mass is 10.1. The second kappa shape index (κ2) is 9.51. The van der Waals surface area contributed by atoms with Gasteiger partial charge in [-0.1, -0.05) is 36.4 Å². The predicted octanol–water partition coefficient (Wildman–Crippen LogP) is 2.40. The van der Waals surface area contributed by atoms with Gasteiger partial charge in [-0.15, -0.1) is 0 Å². The molecule has 8 nitrogen and oxygen atoms in total. The van der Waals surface area contributed by atoms with E-state index in [0.29, 0.717) is 43.2 Å². The zero-order chi connectivity index (χ0) is 21.7. The molecular formula is C22H24N2O6S. The Morgan fingerprint density at radius 1 is 1.03 bits per heavy atom. The van der Waals surface area contributed by atoms with Crippen LogP contribution in [0.15, 0.2) is 59.0 Å². The molecule has 0 atom stereocenters. The van der Waals surface area contributed by atoms with Crippen molar-refractivity contribution in [2.75, 3.05) is 38.6 Å². The number of carbonyl (C=O) groups excluding carboxylic acids is 1. The van der Waals surface area contributed by atoms with Crippen molar-refractivity contribution in [3.05, 3.63) is 65.9 Å². The summed E-state index contributed by atoms with van der Waals surface area (Å²) in [6, 6.07) is 16.6. The van der Waals surface area contributed by atoms with Gasteiger partial charge in [-0.05, 0) is 18.2 Å². The van der Waals surface area contributed by atoms with Crippen molar-refractivity contribution in [3.8, 4) is 5.75 Å². The van der Waals surface area contributed by atoms with Crippen molar-refractivity contribution in [3.63, 3.8) is 0 Å². The number of ether oxygens (including phenoxy) is 2. The molecule has 0 bridgehead atoms. The number of amides is 1. The van der Waals surface area contributed by atoms with Crippen molar-refractivity contribution in [2.45, 2.75) is 6.61 Å². The van der Waals surface area contributed by atoms with Crippen LogP contribution in [-0.4, -0.2) is 57.2 Å². The number of morpholine rings is 1. The van der Waals surface area contributed by atoms with Crippen molar-refractivity contribution in [1.82, 2.24) is 9.62 Å². The third-order valence-electron chi connectivity index (χ3n) is 5.04. The van der Waals surface area contributed by atoms with Crippen LogP contribution in [0.2, 0.25) is 0 Å². The van der Waals surface area contributed by atoms with Crippen LogP contribution in [0.5, 0.6) is 5.75 Å². The maximum Gasteiger partial charge on any atom is 0.287 e. The number of nitrogens with zero attached hydrogens (tertiary/aromatic N) is 1. The number of fused-ring (bicyclic) bond motifs is 1. The molecule has 1 saturated heterocycles. The van der Waals surface area contributed by atoms with Gasteiger partial charge in [0.2, 0.25) is 10.0 Å². The van der Waals surface area contributed by atoms with Gasteiger partial charge < -0.3 is 19.2 Å². The highest BCUT2D eigenvalue weighted by atomic mass is 32.2. The summed E-state index contributed by atoms with van der Waals surface area (Å²) >= 11 is 0. The molecule has 164 valence electrons. The zero-order valence-electron chi connectivity index (χ0n) is 17.0. The normalized spacial score (nSPS) is 15.1. The Kier molecular flexibility index (Phi) is 6.55. The maximum absolute atomic E-state index is 12.8. The first-order valence-electron chi connectivity index (χ1n) is 10.1. The number of nitrogens with one attached hydrogen (secondary N) is 1. The minimum Gasteiger partial charge on any atom is -0.489 e. The van der Waals surface area contributed by atoms with E-state index in [-0.39, 0.29) is 24.7 Å². The highest BCUT2D eigenvalue weighted by molar-refractivity contribution is 7.89.